The van der Waals surface area contributed by atoms with Crippen LogP contribution in [0.4, 0.5) is 0 Å². The summed E-state index contributed by atoms with van der Waals surface area (Å²) in [5.41, 5.74) is 0. The molecule has 0 aliphatic carbocycles. The van der Waals surface area contributed by atoms with E-state index in [1.54, 1.807) is 0 Å². The van der Waals surface area contributed by atoms with Gasteiger partial charge in [0.2, 0.25) is 0 Å². The van der Waals surface area contributed by atoms with E-state index in [1.165, 1.54) is 6.42 Å². The van der Waals surface area contributed by atoms with Crippen LogP contribution in [0.25, 0.3) is 0 Å². The minimum atomic E-state index is 0.799. The maximum atomic E-state index is 3.68. The SMILES string of the molecule is C=CCC(CC)CBr. The maximum Gasteiger partial charge on any atom is 0.00625 e. The van der Waals surface area contributed by atoms with Gasteiger partial charge in [0.05, 0.1) is 0 Å². The Kier molecular flexibility index (Phi) is 5.51. The molecule has 0 fully saturated rings. The van der Waals surface area contributed by atoms with Gasteiger partial charge in [-0.05, 0) is 12.3 Å². The predicted octanol–water partition coefficient (Wildman–Crippen LogP) is 2.98. The lowest BCUT2D eigenvalue weighted by molar-refractivity contribution is 0.586. The van der Waals surface area contributed by atoms with Crippen LogP contribution in [0, 0.1) is 5.92 Å². The number of hydrogen-bond acceptors (Lipinski definition) is 0. The summed E-state index contributed by atoms with van der Waals surface area (Å²) in [5, 5.41) is 1.11. The van der Waals surface area contributed by atoms with E-state index in [4.69, 9.17) is 0 Å². The van der Waals surface area contributed by atoms with Gasteiger partial charge in [-0.1, -0.05) is 35.4 Å². The van der Waals surface area contributed by atoms with E-state index in [-0.39, 0.29) is 0 Å². The molecule has 0 N–H and O–H groups in total. The lowest BCUT2D eigenvalue weighted by Crippen LogP contribution is -1.96. The number of alkyl halides is 1. The Morgan fingerprint density at radius 3 is 2.50 bits per heavy atom. The molecule has 0 saturated heterocycles. The predicted molar refractivity (Wildman–Crippen MR) is 42.4 cm³/mol. The van der Waals surface area contributed by atoms with Crippen molar-refractivity contribution >= 4 is 15.9 Å². The molecule has 1 atom stereocenters. The van der Waals surface area contributed by atoms with Gasteiger partial charge in [0.15, 0.2) is 0 Å². The van der Waals surface area contributed by atoms with Gasteiger partial charge < -0.3 is 0 Å². The van der Waals surface area contributed by atoms with E-state index in [2.05, 4.69) is 29.4 Å². The molecule has 0 amide bonds. The van der Waals surface area contributed by atoms with Crippen molar-refractivity contribution < 1.29 is 0 Å². The molecule has 0 aliphatic heterocycles. The zero-order valence-corrected chi connectivity index (χ0v) is 6.95. The van der Waals surface area contributed by atoms with Gasteiger partial charge in [-0.25, -0.2) is 0 Å². The molecule has 0 spiro atoms. The fourth-order valence-corrected chi connectivity index (χ4v) is 1.30. The molecule has 0 heterocycles. The van der Waals surface area contributed by atoms with Crippen LogP contribution in [0.3, 0.4) is 0 Å². The second-order valence-electron chi connectivity index (χ2n) is 1.95. The van der Waals surface area contributed by atoms with Gasteiger partial charge >= 0.3 is 0 Å². The molecule has 48 valence electrons. The average Bonchev–Trinajstić information content (AvgIpc) is 1.83. The third-order valence-corrected chi connectivity index (χ3v) is 2.21. The molecule has 0 aromatic rings. The molecule has 0 saturated carbocycles. The fourth-order valence-electron chi connectivity index (χ4n) is 0.574. The Morgan fingerprint density at radius 1 is 1.75 bits per heavy atom. The van der Waals surface area contributed by atoms with Crippen LogP contribution in [-0.2, 0) is 0 Å². The quantitative estimate of drug-likeness (QED) is 0.457. The molecular formula is C7H13Br. The highest BCUT2D eigenvalue weighted by Crippen LogP contribution is 2.10. The van der Waals surface area contributed by atoms with Crippen LogP contribution in [-0.4, -0.2) is 5.33 Å². The van der Waals surface area contributed by atoms with E-state index in [0.717, 1.165) is 17.7 Å². The first-order valence-electron chi connectivity index (χ1n) is 3.02. The van der Waals surface area contributed by atoms with Gasteiger partial charge in [-0.2, -0.15) is 0 Å². The number of rotatable bonds is 4. The maximum absolute atomic E-state index is 3.68. The fraction of sp³-hybridized carbons (Fsp3) is 0.714. The minimum Gasteiger partial charge on any atom is -0.103 e. The van der Waals surface area contributed by atoms with Crippen molar-refractivity contribution in [1.29, 1.82) is 0 Å². The standard InChI is InChI=1S/C7H13Br/c1-3-5-7(4-2)6-8/h3,7H,1,4-6H2,2H3. The van der Waals surface area contributed by atoms with Crippen LogP contribution in [0.5, 0.6) is 0 Å². The Balaban J connectivity index is 3.20. The zero-order valence-electron chi connectivity index (χ0n) is 5.36. The summed E-state index contributed by atoms with van der Waals surface area (Å²) < 4.78 is 0. The van der Waals surface area contributed by atoms with Crippen molar-refractivity contribution in [3.8, 4) is 0 Å². The molecule has 0 aromatic carbocycles. The van der Waals surface area contributed by atoms with Crippen LogP contribution in [0.2, 0.25) is 0 Å². The highest BCUT2D eigenvalue weighted by Gasteiger charge is 1.98. The first-order valence-corrected chi connectivity index (χ1v) is 4.14. The van der Waals surface area contributed by atoms with E-state index in [1.807, 2.05) is 6.08 Å². The topological polar surface area (TPSA) is 0 Å². The molecule has 0 nitrogen and oxygen atoms in total. The third-order valence-electron chi connectivity index (χ3n) is 1.30. The lowest BCUT2D eigenvalue weighted by Gasteiger charge is -2.05. The van der Waals surface area contributed by atoms with E-state index >= 15 is 0 Å². The first kappa shape index (κ1) is 8.22. The largest absolute Gasteiger partial charge is 0.103 e. The van der Waals surface area contributed by atoms with Gasteiger partial charge in [-0.3, -0.25) is 0 Å². The summed E-state index contributed by atoms with van der Waals surface area (Å²) in [7, 11) is 0. The highest BCUT2D eigenvalue weighted by atomic mass is 79.9. The van der Waals surface area contributed by atoms with Gasteiger partial charge in [-0.15, -0.1) is 6.58 Å². The van der Waals surface area contributed by atoms with E-state index in [9.17, 15) is 0 Å². The van der Waals surface area contributed by atoms with E-state index in [0.29, 0.717) is 0 Å². The van der Waals surface area contributed by atoms with Crippen molar-refractivity contribution in [3.63, 3.8) is 0 Å². The summed E-state index contributed by atoms with van der Waals surface area (Å²) in [6, 6.07) is 0. The Hall–Kier alpha value is 0.220. The van der Waals surface area contributed by atoms with Crippen molar-refractivity contribution in [3.05, 3.63) is 12.7 Å². The monoisotopic (exact) mass is 176 g/mol. The second-order valence-corrected chi connectivity index (χ2v) is 2.60. The summed E-state index contributed by atoms with van der Waals surface area (Å²) >= 11 is 3.43. The second kappa shape index (κ2) is 5.36. The summed E-state index contributed by atoms with van der Waals surface area (Å²) in [4.78, 5) is 0. The van der Waals surface area contributed by atoms with Gasteiger partial charge in [0.1, 0.15) is 0 Å². The van der Waals surface area contributed by atoms with Crippen molar-refractivity contribution in [1.82, 2.24) is 0 Å². The summed E-state index contributed by atoms with van der Waals surface area (Å²) in [5.74, 6) is 0.799. The van der Waals surface area contributed by atoms with Crippen LogP contribution in [0.15, 0.2) is 12.7 Å². The Labute approximate surface area is 60.1 Å². The molecule has 0 bridgehead atoms. The lowest BCUT2D eigenvalue weighted by atomic mass is 10.1. The van der Waals surface area contributed by atoms with Gasteiger partial charge in [0.25, 0.3) is 0 Å². The summed E-state index contributed by atoms with van der Waals surface area (Å²) in [6.07, 6.45) is 4.37. The minimum absolute atomic E-state index is 0.799. The zero-order chi connectivity index (χ0) is 6.41. The highest BCUT2D eigenvalue weighted by molar-refractivity contribution is 9.09. The molecule has 1 unspecified atom stereocenters. The Morgan fingerprint density at radius 2 is 2.38 bits per heavy atom. The number of hydrogen-bond donors (Lipinski definition) is 0. The molecule has 0 rings (SSSR count). The molecule has 0 radical (unpaired) electrons. The number of halogens is 1. The summed E-state index contributed by atoms with van der Waals surface area (Å²) in [6.45, 7) is 5.88. The Bertz CT molecular complexity index is 55.4. The van der Waals surface area contributed by atoms with Gasteiger partial charge in [0, 0.05) is 5.33 Å². The third kappa shape index (κ3) is 3.25. The van der Waals surface area contributed by atoms with Crippen LogP contribution < -0.4 is 0 Å². The normalized spacial score (nSPS) is 13.2. The van der Waals surface area contributed by atoms with Crippen molar-refractivity contribution in [2.45, 2.75) is 19.8 Å². The average molecular weight is 177 g/mol. The van der Waals surface area contributed by atoms with E-state index < -0.39 is 0 Å². The smallest absolute Gasteiger partial charge is 0.00625 e. The number of allylic oxidation sites excluding steroid dienone is 1. The molecule has 0 aliphatic rings. The molecule has 0 aromatic heterocycles. The molecular weight excluding hydrogens is 164 g/mol. The van der Waals surface area contributed by atoms with Crippen molar-refractivity contribution in [2.24, 2.45) is 5.92 Å². The van der Waals surface area contributed by atoms with Crippen LogP contribution in [0.1, 0.15) is 19.8 Å². The first-order chi connectivity index (χ1) is 3.85. The molecule has 1 heteroatoms. The van der Waals surface area contributed by atoms with Crippen LogP contribution >= 0.6 is 15.9 Å². The van der Waals surface area contributed by atoms with Crippen molar-refractivity contribution in [2.75, 3.05) is 5.33 Å². The molecule has 8 heavy (non-hydrogen) atoms.